The van der Waals surface area contributed by atoms with Gasteiger partial charge in [0.1, 0.15) is 0 Å². The molecule has 0 aliphatic rings. The van der Waals surface area contributed by atoms with E-state index >= 15 is 0 Å². The molecule has 1 aromatic carbocycles. The van der Waals surface area contributed by atoms with Crippen LogP contribution in [-0.4, -0.2) is 11.5 Å². The van der Waals surface area contributed by atoms with Gasteiger partial charge < -0.3 is 5.32 Å². The van der Waals surface area contributed by atoms with E-state index in [9.17, 15) is 10.1 Å². The molecule has 0 fully saturated rings. The maximum Gasteiger partial charge on any atom is 0.283 e. The van der Waals surface area contributed by atoms with Crippen LogP contribution < -0.4 is 5.32 Å². The second-order valence-corrected chi connectivity index (χ2v) is 3.31. The number of nitrogens with one attached hydrogen (secondary N) is 1. The van der Waals surface area contributed by atoms with Crippen LogP contribution in [0.2, 0.25) is 0 Å². The summed E-state index contributed by atoms with van der Waals surface area (Å²) >= 11 is 3.14. The molecule has 0 saturated heterocycles. The first-order chi connectivity index (χ1) is 6.15. The SMILES string of the molecule is CCNc1ccc([N+](=O)[O-])c(Br)c1. The molecule has 0 amide bonds. The van der Waals surface area contributed by atoms with Crippen LogP contribution >= 0.6 is 15.9 Å². The third-order valence-corrected chi connectivity index (χ3v) is 2.16. The van der Waals surface area contributed by atoms with Gasteiger partial charge in [-0.25, -0.2) is 0 Å². The Balaban J connectivity index is 2.98. The van der Waals surface area contributed by atoms with Gasteiger partial charge in [0.05, 0.1) is 9.40 Å². The predicted octanol–water partition coefficient (Wildman–Crippen LogP) is 2.79. The van der Waals surface area contributed by atoms with Gasteiger partial charge in [-0.3, -0.25) is 10.1 Å². The van der Waals surface area contributed by atoms with Gasteiger partial charge in [-0.2, -0.15) is 0 Å². The van der Waals surface area contributed by atoms with Gasteiger partial charge in [0.15, 0.2) is 0 Å². The van der Waals surface area contributed by atoms with E-state index in [1.807, 2.05) is 6.92 Å². The zero-order chi connectivity index (χ0) is 9.84. The number of anilines is 1. The topological polar surface area (TPSA) is 55.2 Å². The van der Waals surface area contributed by atoms with Crippen molar-refractivity contribution in [2.24, 2.45) is 0 Å². The van der Waals surface area contributed by atoms with E-state index in [0.717, 1.165) is 12.2 Å². The molecule has 1 rings (SSSR count). The van der Waals surface area contributed by atoms with Crippen LogP contribution in [0.25, 0.3) is 0 Å². The van der Waals surface area contributed by atoms with Gasteiger partial charge >= 0.3 is 0 Å². The highest BCUT2D eigenvalue weighted by molar-refractivity contribution is 9.10. The number of halogens is 1. The first kappa shape index (κ1) is 9.98. The third kappa shape index (κ3) is 2.42. The first-order valence-corrected chi connectivity index (χ1v) is 4.62. The van der Waals surface area contributed by atoms with Crippen molar-refractivity contribution >= 4 is 27.3 Å². The zero-order valence-electron chi connectivity index (χ0n) is 7.08. The molecule has 70 valence electrons. The summed E-state index contributed by atoms with van der Waals surface area (Å²) in [6, 6.07) is 4.86. The maximum atomic E-state index is 10.4. The summed E-state index contributed by atoms with van der Waals surface area (Å²) in [7, 11) is 0. The molecule has 0 aliphatic heterocycles. The van der Waals surface area contributed by atoms with Gasteiger partial charge in [-0.05, 0) is 35.0 Å². The van der Waals surface area contributed by atoms with Gasteiger partial charge in [-0.15, -0.1) is 0 Å². The fourth-order valence-electron chi connectivity index (χ4n) is 0.969. The van der Waals surface area contributed by atoms with Crippen LogP contribution in [0, 0.1) is 10.1 Å². The molecule has 13 heavy (non-hydrogen) atoms. The van der Waals surface area contributed by atoms with Gasteiger partial charge in [0.2, 0.25) is 0 Å². The lowest BCUT2D eigenvalue weighted by molar-refractivity contribution is -0.385. The fourth-order valence-corrected chi connectivity index (χ4v) is 1.49. The second kappa shape index (κ2) is 4.23. The molecule has 0 saturated carbocycles. The Labute approximate surface area is 84.2 Å². The van der Waals surface area contributed by atoms with E-state index in [2.05, 4.69) is 21.2 Å². The smallest absolute Gasteiger partial charge is 0.283 e. The minimum absolute atomic E-state index is 0.0849. The van der Waals surface area contributed by atoms with Gasteiger partial charge in [-0.1, -0.05) is 0 Å². The number of nitro groups is 1. The highest BCUT2D eigenvalue weighted by atomic mass is 79.9. The Kier molecular flexibility index (Phi) is 3.25. The molecule has 4 nitrogen and oxygen atoms in total. The van der Waals surface area contributed by atoms with Crippen molar-refractivity contribution in [3.8, 4) is 0 Å². The number of rotatable bonds is 3. The van der Waals surface area contributed by atoms with E-state index in [1.165, 1.54) is 6.07 Å². The van der Waals surface area contributed by atoms with Crippen molar-refractivity contribution in [3.05, 3.63) is 32.8 Å². The predicted molar refractivity (Wildman–Crippen MR) is 55.0 cm³/mol. The largest absolute Gasteiger partial charge is 0.385 e. The monoisotopic (exact) mass is 244 g/mol. The number of hydrogen-bond acceptors (Lipinski definition) is 3. The Bertz CT molecular complexity index is 328. The van der Waals surface area contributed by atoms with Crippen molar-refractivity contribution < 1.29 is 4.92 Å². The third-order valence-electron chi connectivity index (χ3n) is 1.53. The van der Waals surface area contributed by atoms with Crippen LogP contribution in [0.15, 0.2) is 22.7 Å². The number of hydrogen-bond donors (Lipinski definition) is 1. The molecule has 0 atom stereocenters. The average molecular weight is 245 g/mol. The number of nitro benzene ring substituents is 1. The van der Waals surface area contributed by atoms with Crippen LogP contribution in [0.5, 0.6) is 0 Å². The average Bonchev–Trinajstić information content (AvgIpc) is 2.04. The summed E-state index contributed by atoms with van der Waals surface area (Å²) in [5.41, 5.74) is 0.960. The highest BCUT2D eigenvalue weighted by Crippen LogP contribution is 2.27. The van der Waals surface area contributed by atoms with E-state index in [-0.39, 0.29) is 5.69 Å². The molecular weight excluding hydrogens is 236 g/mol. The fraction of sp³-hybridized carbons (Fsp3) is 0.250. The summed E-state index contributed by atoms with van der Waals surface area (Å²) in [4.78, 5) is 10.0. The minimum atomic E-state index is -0.417. The van der Waals surface area contributed by atoms with Crippen molar-refractivity contribution in [2.45, 2.75) is 6.92 Å². The summed E-state index contributed by atoms with van der Waals surface area (Å²) in [5, 5.41) is 13.5. The highest BCUT2D eigenvalue weighted by Gasteiger charge is 2.10. The van der Waals surface area contributed by atoms with Gasteiger partial charge in [0.25, 0.3) is 5.69 Å². The van der Waals surface area contributed by atoms with Gasteiger partial charge in [0, 0.05) is 18.3 Å². The minimum Gasteiger partial charge on any atom is -0.385 e. The lowest BCUT2D eigenvalue weighted by Crippen LogP contribution is -1.97. The standard InChI is InChI=1S/C8H9BrN2O2/c1-2-10-6-3-4-8(11(12)13)7(9)5-6/h3-5,10H,2H2,1H3. The Morgan fingerprint density at radius 1 is 1.62 bits per heavy atom. The zero-order valence-corrected chi connectivity index (χ0v) is 8.67. The molecule has 0 bridgehead atoms. The van der Waals surface area contributed by atoms with E-state index in [1.54, 1.807) is 12.1 Å². The molecule has 0 unspecified atom stereocenters. The number of benzene rings is 1. The summed E-state index contributed by atoms with van der Waals surface area (Å²) in [5.74, 6) is 0. The molecule has 1 N–H and O–H groups in total. The summed E-state index contributed by atoms with van der Waals surface area (Å²) in [6.07, 6.45) is 0. The molecule has 0 spiro atoms. The Morgan fingerprint density at radius 3 is 2.77 bits per heavy atom. The molecule has 0 aliphatic carbocycles. The van der Waals surface area contributed by atoms with Crippen molar-refractivity contribution in [1.82, 2.24) is 0 Å². The Hall–Kier alpha value is -1.10. The van der Waals surface area contributed by atoms with E-state index in [0.29, 0.717) is 4.47 Å². The first-order valence-electron chi connectivity index (χ1n) is 3.83. The van der Waals surface area contributed by atoms with Crippen molar-refractivity contribution in [3.63, 3.8) is 0 Å². The molecule has 0 radical (unpaired) electrons. The van der Waals surface area contributed by atoms with Crippen LogP contribution in [-0.2, 0) is 0 Å². The molecule has 5 heteroatoms. The van der Waals surface area contributed by atoms with Crippen LogP contribution in [0.1, 0.15) is 6.92 Å². The maximum absolute atomic E-state index is 10.4. The van der Waals surface area contributed by atoms with E-state index < -0.39 is 4.92 Å². The van der Waals surface area contributed by atoms with Crippen LogP contribution in [0.4, 0.5) is 11.4 Å². The second-order valence-electron chi connectivity index (χ2n) is 2.45. The summed E-state index contributed by atoms with van der Waals surface area (Å²) in [6.45, 7) is 2.76. The lowest BCUT2D eigenvalue weighted by Gasteiger charge is -2.02. The number of nitrogens with zero attached hydrogens (tertiary/aromatic N) is 1. The normalized spacial score (nSPS) is 9.69. The molecule has 1 aromatic rings. The Morgan fingerprint density at radius 2 is 2.31 bits per heavy atom. The van der Waals surface area contributed by atoms with Crippen molar-refractivity contribution in [1.29, 1.82) is 0 Å². The molecule has 0 heterocycles. The lowest BCUT2D eigenvalue weighted by atomic mass is 10.3. The van der Waals surface area contributed by atoms with E-state index in [4.69, 9.17) is 0 Å². The van der Waals surface area contributed by atoms with Crippen LogP contribution in [0.3, 0.4) is 0 Å². The summed E-state index contributed by atoms with van der Waals surface area (Å²) < 4.78 is 0.496. The van der Waals surface area contributed by atoms with Crippen molar-refractivity contribution in [2.75, 3.05) is 11.9 Å². The molecular formula is C8H9BrN2O2. The molecule has 0 aromatic heterocycles. The quantitative estimate of drug-likeness (QED) is 0.658.